The number of halogens is 2. The Kier molecular flexibility index (Phi) is 11.4. The molecule has 1 fully saturated rings. The molecule has 1 aliphatic heterocycles. The van der Waals surface area contributed by atoms with Gasteiger partial charge in [0, 0.05) is 32.2 Å². The molecule has 6 heteroatoms. The Morgan fingerprint density at radius 3 is 2.39 bits per heavy atom. The largest absolute Gasteiger partial charge is 0.493 e. The van der Waals surface area contributed by atoms with E-state index in [4.69, 9.17) is 9.47 Å². The van der Waals surface area contributed by atoms with E-state index in [0.29, 0.717) is 12.6 Å². The number of hydrogen-bond donors (Lipinski definition) is 1. The Hall–Kier alpha value is -0.680. The molecule has 0 amide bonds. The number of nitrogens with zero attached hydrogens (tertiary/aromatic N) is 1. The van der Waals surface area contributed by atoms with E-state index >= 15 is 0 Å². The quantitative estimate of drug-likeness (QED) is 0.799. The Labute approximate surface area is 152 Å². The van der Waals surface area contributed by atoms with Gasteiger partial charge in [-0.15, -0.1) is 24.8 Å². The van der Waals surface area contributed by atoms with Crippen molar-refractivity contribution >= 4 is 24.8 Å². The van der Waals surface area contributed by atoms with E-state index < -0.39 is 0 Å². The maximum Gasteiger partial charge on any atom is 0.161 e. The molecule has 1 N–H and O–H groups in total. The minimum absolute atomic E-state index is 0. The third kappa shape index (κ3) is 6.03. The summed E-state index contributed by atoms with van der Waals surface area (Å²) in [5.41, 5.74) is 1.34. The van der Waals surface area contributed by atoms with Crippen molar-refractivity contribution in [1.82, 2.24) is 10.2 Å². The highest BCUT2D eigenvalue weighted by molar-refractivity contribution is 5.85. The summed E-state index contributed by atoms with van der Waals surface area (Å²) in [6.45, 7) is 9.30. The van der Waals surface area contributed by atoms with Gasteiger partial charge in [0.05, 0.1) is 13.7 Å². The molecule has 0 bridgehead atoms. The molecule has 0 spiro atoms. The standard InChI is InChI=1S/C17H28N2O2.2ClH/c1-4-6-15(19-11-9-18-10-12-19)14-7-8-16(20-3)17(13-14)21-5-2;;/h7-8,13,15,18H,4-6,9-12H2,1-3H3;2*1H/t15-;;/m1../s1. The topological polar surface area (TPSA) is 33.7 Å². The fraction of sp³-hybridized carbons (Fsp3) is 0.647. The third-order valence-electron chi connectivity index (χ3n) is 4.03. The molecule has 1 aromatic carbocycles. The van der Waals surface area contributed by atoms with Crippen LogP contribution in [0.15, 0.2) is 18.2 Å². The first-order valence-electron chi connectivity index (χ1n) is 8.05. The Morgan fingerprint density at radius 1 is 1.13 bits per heavy atom. The fourth-order valence-corrected chi connectivity index (χ4v) is 3.00. The Bertz CT molecular complexity index is 441. The zero-order valence-corrected chi connectivity index (χ0v) is 16.0. The van der Waals surface area contributed by atoms with Crippen LogP contribution in [0.25, 0.3) is 0 Å². The molecule has 0 saturated carbocycles. The van der Waals surface area contributed by atoms with Crippen molar-refractivity contribution in [1.29, 1.82) is 0 Å². The molecule has 0 aliphatic carbocycles. The van der Waals surface area contributed by atoms with Crippen LogP contribution in [0.2, 0.25) is 0 Å². The number of hydrogen-bond acceptors (Lipinski definition) is 4. The van der Waals surface area contributed by atoms with E-state index in [0.717, 1.165) is 37.7 Å². The average molecular weight is 365 g/mol. The second-order valence-electron chi connectivity index (χ2n) is 5.43. The van der Waals surface area contributed by atoms with Gasteiger partial charge in [-0.25, -0.2) is 0 Å². The predicted molar refractivity (Wildman–Crippen MR) is 101 cm³/mol. The SMILES string of the molecule is CCC[C@H](c1ccc(OC)c(OCC)c1)N1CCNCC1.Cl.Cl. The lowest BCUT2D eigenvalue weighted by Crippen LogP contribution is -2.45. The van der Waals surface area contributed by atoms with Gasteiger partial charge in [-0.1, -0.05) is 19.4 Å². The molecule has 23 heavy (non-hydrogen) atoms. The van der Waals surface area contributed by atoms with Crippen molar-refractivity contribution in [2.24, 2.45) is 0 Å². The van der Waals surface area contributed by atoms with E-state index in [1.54, 1.807) is 7.11 Å². The highest BCUT2D eigenvalue weighted by Gasteiger charge is 2.22. The van der Waals surface area contributed by atoms with Crippen LogP contribution in [-0.4, -0.2) is 44.8 Å². The minimum atomic E-state index is 0. The molecule has 4 nitrogen and oxygen atoms in total. The van der Waals surface area contributed by atoms with Crippen molar-refractivity contribution < 1.29 is 9.47 Å². The molecular formula is C17H30Cl2N2O2. The number of rotatable bonds is 7. The average Bonchev–Trinajstić information content (AvgIpc) is 2.54. The molecule has 0 radical (unpaired) electrons. The predicted octanol–water partition coefficient (Wildman–Crippen LogP) is 3.68. The highest BCUT2D eigenvalue weighted by atomic mass is 35.5. The van der Waals surface area contributed by atoms with Crippen LogP contribution in [0, 0.1) is 0 Å². The summed E-state index contributed by atoms with van der Waals surface area (Å²) in [6.07, 6.45) is 2.36. The van der Waals surface area contributed by atoms with E-state index in [9.17, 15) is 0 Å². The monoisotopic (exact) mass is 364 g/mol. The molecule has 2 rings (SSSR count). The summed E-state index contributed by atoms with van der Waals surface area (Å²) in [5.74, 6) is 1.67. The van der Waals surface area contributed by atoms with Crippen LogP contribution in [0.1, 0.15) is 38.3 Å². The van der Waals surface area contributed by atoms with E-state index in [1.165, 1.54) is 18.4 Å². The zero-order valence-electron chi connectivity index (χ0n) is 14.3. The second-order valence-corrected chi connectivity index (χ2v) is 5.43. The lowest BCUT2D eigenvalue weighted by atomic mass is 9.99. The summed E-state index contributed by atoms with van der Waals surface area (Å²) < 4.78 is 11.1. The van der Waals surface area contributed by atoms with Crippen molar-refractivity contribution in [3.63, 3.8) is 0 Å². The smallest absolute Gasteiger partial charge is 0.161 e. The maximum atomic E-state index is 5.73. The first-order chi connectivity index (χ1) is 10.3. The molecule has 134 valence electrons. The number of benzene rings is 1. The van der Waals surface area contributed by atoms with Crippen molar-refractivity contribution in [3.05, 3.63) is 23.8 Å². The van der Waals surface area contributed by atoms with Gasteiger partial charge in [0.2, 0.25) is 0 Å². The van der Waals surface area contributed by atoms with Crippen LogP contribution in [-0.2, 0) is 0 Å². The van der Waals surface area contributed by atoms with E-state index in [2.05, 4.69) is 29.3 Å². The first kappa shape index (κ1) is 22.3. The van der Waals surface area contributed by atoms with Gasteiger partial charge in [0.25, 0.3) is 0 Å². The van der Waals surface area contributed by atoms with Crippen molar-refractivity contribution in [2.75, 3.05) is 39.9 Å². The Balaban J connectivity index is 0.00000242. The van der Waals surface area contributed by atoms with Gasteiger partial charge in [0.1, 0.15) is 0 Å². The first-order valence-corrected chi connectivity index (χ1v) is 8.05. The van der Waals surface area contributed by atoms with Crippen molar-refractivity contribution in [3.8, 4) is 11.5 Å². The molecule has 1 aromatic rings. The number of methoxy groups -OCH3 is 1. The summed E-state index contributed by atoms with van der Waals surface area (Å²) >= 11 is 0. The van der Waals surface area contributed by atoms with Crippen LogP contribution in [0.5, 0.6) is 11.5 Å². The molecule has 1 atom stereocenters. The summed E-state index contributed by atoms with van der Waals surface area (Å²) in [4.78, 5) is 2.58. The van der Waals surface area contributed by atoms with Crippen LogP contribution >= 0.6 is 24.8 Å². The number of ether oxygens (including phenoxy) is 2. The molecule has 0 unspecified atom stereocenters. The van der Waals surface area contributed by atoms with Crippen LogP contribution in [0.4, 0.5) is 0 Å². The molecule has 1 heterocycles. The van der Waals surface area contributed by atoms with Gasteiger partial charge in [-0.05, 0) is 31.0 Å². The molecular weight excluding hydrogens is 335 g/mol. The van der Waals surface area contributed by atoms with Crippen LogP contribution in [0.3, 0.4) is 0 Å². The molecule has 1 saturated heterocycles. The third-order valence-corrected chi connectivity index (χ3v) is 4.03. The van der Waals surface area contributed by atoms with Gasteiger partial charge >= 0.3 is 0 Å². The van der Waals surface area contributed by atoms with E-state index in [1.807, 2.05) is 13.0 Å². The minimum Gasteiger partial charge on any atom is -0.493 e. The maximum absolute atomic E-state index is 5.73. The van der Waals surface area contributed by atoms with Gasteiger partial charge in [0.15, 0.2) is 11.5 Å². The molecule has 1 aliphatic rings. The van der Waals surface area contributed by atoms with Crippen LogP contribution < -0.4 is 14.8 Å². The van der Waals surface area contributed by atoms with Gasteiger partial charge in [-0.2, -0.15) is 0 Å². The number of piperazine rings is 1. The zero-order chi connectivity index (χ0) is 15.1. The lowest BCUT2D eigenvalue weighted by Gasteiger charge is -2.35. The molecule has 0 aromatic heterocycles. The van der Waals surface area contributed by atoms with Gasteiger partial charge in [-0.3, -0.25) is 4.90 Å². The van der Waals surface area contributed by atoms with Crippen molar-refractivity contribution in [2.45, 2.75) is 32.7 Å². The number of nitrogens with one attached hydrogen (secondary N) is 1. The second kappa shape index (κ2) is 11.8. The lowest BCUT2D eigenvalue weighted by molar-refractivity contribution is 0.164. The normalized spacial score (nSPS) is 16.0. The van der Waals surface area contributed by atoms with Gasteiger partial charge < -0.3 is 14.8 Å². The highest BCUT2D eigenvalue weighted by Crippen LogP contribution is 2.34. The van der Waals surface area contributed by atoms with E-state index in [-0.39, 0.29) is 24.8 Å². The fourth-order valence-electron chi connectivity index (χ4n) is 3.00. The summed E-state index contributed by atoms with van der Waals surface area (Å²) in [7, 11) is 1.69. The summed E-state index contributed by atoms with van der Waals surface area (Å²) in [6, 6.07) is 6.85. The summed E-state index contributed by atoms with van der Waals surface area (Å²) in [5, 5.41) is 3.43. The Morgan fingerprint density at radius 2 is 1.83 bits per heavy atom.